The van der Waals surface area contributed by atoms with E-state index in [0.717, 1.165) is 6.42 Å². The van der Waals surface area contributed by atoms with Crippen LogP contribution in [0.1, 0.15) is 127 Å². The molecule has 0 aromatic heterocycles. The van der Waals surface area contributed by atoms with Gasteiger partial charge in [0.05, 0.1) is 16.1 Å². The highest BCUT2D eigenvalue weighted by molar-refractivity contribution is 6.82. The SMILES string of the molecule is CC1=Cc2c(-c3ccccc3)cccc2C1[Si](C)(C)C1C(C)=Cc2c(-c3ccccc3)cccc21.CC1=Cc2c(-c3ccccc3)cccc2C1[Si](C)(C)C1C(C)=Cc2c(-c3ccccc3)cccc21.CCCCCCO. The summed E-state index contributed by atoms with van der Waals surface area (Å²) in [5, 5.41) is 8.29. The molecule has 4 aliphatic rings. The van der Waals surface area contributed by atoms with Crippen molar-refractivity contribution in [1.29, 1.82) is 0 Å². The lowest BCUT2D eigenvalue weighted by molar-refractivity contribution is 0.283. The van der Waals surface area contributed by atoms with Crippen LogP contribution in [-0.4, -0.2) is 27.9 Å². The first-order valence-electron chi connectivity index (χ1n) is 28.4. The van der Waals surface area contributed by atoms with Gasteiger partial charge in [-0.2, -0.15) is 0 Å². The molecular weight excluding hydrogens is 961 g/mol. The predicted molar refractivity (Wildman–Crippen MR) is 339 cm³/mol. The van der Waals surface area contributed by atoms with Gasteiger partial charge in [-0.15, -0.1) is 0 Å². The summed E-state index contributed by atoms with van der Waals surface area (Å²) < 4.78 is 0. The first-order chi connectivity index (χ1) is 37.3. The number of aliphatic hydroxyl groups excluding tert-OH is 1. The van der Waals surface area contributed by atoms with E-state index < -0.39 is 16.1 Å². The van der Waals surface area contributed by atoms with Crippen LogP contribution < -0.4 is 0 Å². The van der Waals surface area contributed by atoms with Crippen molar-refractivity contribution in [3.05, 3.63) is 261 Å². The summed E-state index contributed by atoms with van der Waals surface area (Å²) in [7, 11) is -3.70. The largest absolute Gasteiger partial charge is 0.396 e. The molecule has 0 amide bonds. The van der Waals surface area contributed by atoms with Crippen molar-refractivity contribution in [2.24, 2.45) is 0 Å². The third-order valence-electron chi connectivity index (χ3n) is 17.4. The van der Waals surface area contributed by atoms with Crippen molar-refractivity contribution in [3.8, 4) is 44.5 Å². The number of allylic oxidation sites excluding steroid dienone is 4. The third kappa shape index (κ3) is 10.4. The topological polar surface area (TPSA) is 20.2 Å². The minimum absolute atomic E-state index is 0.361. The highest BCUT2D eigenvalue weighted by Crippen LogP contribution is 2.56. The predicted octanol–water partition coefficient (Wildman–Crippen LogP) is 20.6. The fourth-order valence-electron chi connectivity index (χ4n) is 14.5. The Bertz CT molecular complexity index is 3050. The molecule has 3 heteroatoms. The first-order valence-corrected chi connectivity index (χ1v) is 34.7. The van der Waals surface area contributed by atoms with Gasteiger partial charge in [-0.3, -0.25) is 0 Å². The Kier molecular flexibility index (Phi) is 16.0. The lowest BCUT2D eigenvalue weighted by Crippen LogP contribution is -2.42. The summed E-state index contributed by atoms with van der Waals surface area (Å²) in [5.74, 6) is 0. The van der Waals surface area contributed by atoms with Crippen molar-refractivity contribution < 1.29 is 5.11 Å². The minimum atomic E-state index is -1.85. The molecule has 0 heterocycles. The Morgan fingerprint density at radius 2 is 0.558 bits per heavy atom. The summed E-state index contributed by atoms with van der Waals surface area (Å²) in [5.41, 5.74) is 30.7. The van der Waals surface area contributed by atoms with E-state index in [2.05, 4.69) is 279 Å². The second kappa shape index (κ2) is 23.0. The number of benzene rings is 8. The highest BCUT2D eigenvalue weighted by Gasteiger charge is 2.49. The molecule has 0 bridgehead atoms. The third-order valence-corrected chi connectivity index (χ3v) is 26.5. The Labute approximate surface area is 463 Å². The number of hydrogen-bond acceptors (Lipinski definition) is 1. The number of unbranched alkanes of at least 4 members (excludes halogenated alkanes) is 3. The number of aliphatic hydroxyl groups is 1. The smallest absolute Gasteiger partial charge is 0.0722 e. The van der Waals surface area contributed by atoms with E-state index in [9.17, 15) is 0 Å². The van der Waals surface area contributed by atoms with Gasteiger partial charge in [0.1, 0.15) is 0 Å². The van der Waals surface area contributed by atoms with Crippen LogP contribution in [0.15, 0.2) is 216 Å². The molecule has 77 heavy (non-hydrogen) atoms. The summed E-state index contributed by atoms with van der Waals surface area (Å²) in [6, 6.07) is 71.2. The normalized spacial score (nSPS) is 17.8. The highest BCUT2D eigenvalue weighted by atomic mass is 28.3. The molecule has 4 aliphatic carbocycles. The van der Waals surface area contributed by atoms with Gasteiger partial charge in [-0.25, -0.2) is 0 Å². The molecule has 8 aromatic carbocycles. The molecule has 0 saturated carbocycles. The minimum Gasteiger partial charge on any atom is -0.396 e. The van der Waals surface area contributed by atoms with E-state index in [1.807, 2.05) is 0 Å². The first kappa shape index (κ1) is 53.5. The zero-order chi connectivity index (χ0) is 53.8. The van der Waals surface area contributed by atoms with Crippen LogP contribution >= 0.6 is 0 Å². The molecule has 388 valence electrons. The molecule has 4 unspecified atom stereocenters. The monoisotopic (exact) mass is 1040 g/mol. The van der Waals surface area contributed by atoms with Gasteiger partial charge in [0.2, 0.25) is 0 Å². The van der Waals surface area contributed by atoms with Crippen molar-refractivity contribution in [3.63, 3.8) is 0 Å². The molecular formula is C74H78OSi2. The average molecular weight is 1040 g/mol. The summed E-state index contributed by atoms with van der Waals surface area (Å²) in [6.45, 7) is 22.5. The van der Waals surface area contributed by atoms with Crippen LogP contribution in [-0.2, 0) is 0 Å². The molecule has 0 spiro atoms. The summed E-state index contributed by atoms with van der Waals surface area (Å²) in [4.78, 5) is 0. The van der Waals surface area contributed by atoms with E-state index in [1.165, 1.54) is 131 Å². The van der Waals surface area contributed by atoms with E-state index in [-0.39, 0.29) is 0 Å². The fourth-order valence-corrected chi connectivity index (χ4v) is 24.4. The lowest BCUT2D eigenvalue weighted by atomic mass is 9.97. The van der Waals surface area contributed by atoms with E-state index in [0.29, 0.717) is 28.8 Å². The quantitative estimate of drug-likeness (QED) is 0.0955. The molecule has 4 atom stereocenters. The summed E-state index contributed by atoms with van der Waals surface area (Å²) >= 11 is 0. The van der Waals surface area contributed by atoms with Crippen molar-refractivity contribution in [2.75, 3.05) is 6.61 Å². The standard InChI is InChI=1S/2C34H32Si.C6H14O/c2*1-23-21-31-27(25-13-7-5-8-14-25)17-11-19-29(31)33(23)35(3,4)34-24(2)22-32-28(18-12-20-30(32)34)26-15-9-6-10-16-26;1-2-3-4-5-6-7/h2*5-22,33-34H,1-4H3;7H,2-6H2,1H3. The Balaban J connectivity index is 0.000000156. The van der Waals surface area contributed by atoms with Crippen LogP contribution in [0.2, 0.25) is 26.2 Å². The van der Waals surface area contributed by atoms with Crippen LogP contribution in [0.3, 0.4) is 0 Å². The van der Waals surface area contributed by atoms with Crippen molar-refractivity contribution in [1.82, 2.24) is 0 Å². The second-order valence-corrected chi connectivity index (χ2v) is 33.0. The summed E-state index contributed by atoms with van der Waals surface area (Å²) in [6.07, 6.45) is 14.6. The molecule has 8 aromatic rings. The molecule has 12 rings (SSSR count). The Morgan fingerprint density at radius 1 is 0.312 bits per heavy atom. The van der Waals surface area contributed by atoms with Crippen molar-refractivity contribution >= 4 is 40.5 Å². The van der Waals surface area contributed by atoms with Crippen LogP contribution in [0, 0.1) is 0 Å². The number of rotatable bonds is 12. The van der Waals surface area contributed by atoms with Gasteiger partial charge in [0, 0.05) is 28.8 Å². The van der Waals surface area contributed by atoms with Crippen LogP contribution in [0.25, 0.3) is 68.8 Å². The Hall–Kier alpha value is -6.89. The molecule has 0 aliphatic heterocycles. The van der Waals surface area contributed by atoms with Gasteiger partial charge in [-0.05, 0) is 123 Å². The lowest BCUT2D eigenvalue weighted by Gasteiger charge is -2.39. The maximum absolute atomic E-state index is 8.29. The van der Waals surface area contributed by atoms with Gasteiger partial charge < -0.3 is 5.11 Å². The zero-order valence-corrected chi connectivity index (χ0v) is 49.1. The molecule has 0 fully saturated rings. The maximum atomic E-state index is 8.29. The van der Waals surface area contributed by atoms with Crippen molar-refractivity contribution in [2.45, 2.75) is 109 Å². The molecule has 1 N–H and O–H groups in total. The van der Waals surface area contributed by atoms with Gasteiger partial charge >= 0.3 is 0 Å². The van der Waals surface area contributed by atoms with E-state index in [4.69, 9.17) is 5.11 Å². The number of hydrogen-bond donors (Lipinski definition) is 1. The van der Waals surface area contributed by atoms with E-state index >= 15 is 0 Å². The Morgan fingerprint density at radius 3 is 0.779 bits per heavy atom. The van der Waals surface area contributed by atoms with Gasteiger partial charge in [0.15, 0.2) is 0 Å². The fraction of sp³-hybridized carbons (Fsp3) is 0.243. The van der Waals surface area contributed by atoms with Gasteiger partial charge in [-0.1, -0.05) is 293 Å². The second-order valence-electron chi connectivity index (χ2n) is 23.4. The average Bonchev–Trinajstić information content (AvgIpc) is 4.23. The maximum Gasteiger partial charge on any atom is 0.0722 e. The van der Waals surface area contributed by atoms with Crippen LogP contribution in [0.4, 0.5) is 0 Å². The molecule has 0 radical (unpaired) electrons. The van der Waals surface area contributed by atoms with Crippen LogP contribution in [0.5, 0.6) is 0 Å². The van der Waals surface area contributed by atoms with E-state index in [1.54, 1.807) is 0 Å². The van der Waals surface area contributed by atoms with Gasteiger partial charge in [0.25, 0.3) is 0 Å². The molecule has 0 saturated heterocycles. The molecule has 1 nitrogen and oxygen atoms in total. The zero-order valence-electron chi connectivity index (χ0n) is 47.1. The number of fused-ring (bicyclic) bond motifs is 4.